The van der Waals surface area contributed by atoms with Crippen molar-refractivity contribution >= 4 is 22.6 Å². The van der Waals surface area contributed by atoms with Crippen LogP contribution in [0, 0.1) is 0 Å². The lowest BCUT2D eigenvalue weighted by Gasteiger charge is -2.36. The summed E-state index contributed by atoms with van der Waals surface area (Å²) in [6.45, 7) is 8.08. The molecule has 9 heteroatoms. The number of hydrogen-bond donors (Lipinski definition) is 0. The Morgan fingerprint density at radius 3 is 0.864 bits per heavy atom. The fraction of sp³-hybridized carbons (Fsp3) is 0.486. The van der Waals surface area contributed by atoms with Crippen molar-refractivity contribution in [3.8, 4) is 0 Å². The Kier molecular flexibility index (Phi) is 20.2. The Bertz CT molecular complexity index is 961. The van der Waals surface area contributed by atoms with Crippen molar-refractivity contribution in [2.45, 2.75) is 5.60 Å². The first-order valence-electron chi connectivity index (χ1n) is 15.3. The van der Waals surface area contributed by atoms with Gasteiger partial charge in [-0.05, 0) is 16.7 Å². The Morgan fingerprint density at radius 2 is 0.591 bits per heavy atom. The first-order valence-corrected chi connectivity index (χ1v) is 16.8. The number of alkyl halides is 1. The van der Waals surface area contributed by atoms with E-state index in [2.05, 4.69) is 59.0 Å². The van der Waals surface area contributed by atoms with E-state index < -0.39 is 5.60 Å². The maximum Gasteiger partial charge on any atom is 0.143 e. The zero-order valence-electron chi connectivity index (χ0n) is 25.6. The molecule has 3 aromatic carbocycles. The van der Waals surface area contributed by atoms with E-state index in [0.717, 1.165) is 27.7 Å². The number of ether oxygens (including phenoxy) is 8. The minimum atomic E-state index is -0.740. The van der Waals surface area contributed by atoms with Gasteiger partial charge >= 0.3 is 0 Å². The SMILES string of the molecule is ICCOCCOCCOCCOCCOCCOCCOCCOC(c1ccccc1)(c1ccccc1)c1ccccc1. The lowest BCUT2D eigenvalue weighted by atomic mass is 9.80. The molecule has 0 fully saturated rings. The van der Waals surface area contributed by atoms with E-state index in [0.29, 0.717) is 92.5 Å². The van der Waals surface area contributed by atoms with Gasteiger partial charge in [-0.25, -0.2) is 0 Å². The van der Waals surface area contributed by atoms with Crippen molar-refractivity contribution in [2.75, 3.05) is 104 Å². The lowest BCUT2D eigenvalue weighted by Crippen LogP contribution is -2.34. The smallest absolute Gasteiger partial charge is 0.143 e. The molecule has 0 spiro atoms. The van der Waals surface area contributed by atoms with Gasteiger partial charge in [0.25, 0.3) is 0 Å². The van der Waals surface area contributed by atoms with Crippen LogP contribution in [0.1, 0.15) is 16.7 Å². The van der Waals surface area contributed by atoms with Crippen molar-refractivity contribution in [3.05, 3.63) is 108 Å². The Labute approximate surface area is 276 Å². The molecule has 0 aliphatic carbocycles. The largest absolute Gasteiger partial charge is 0.378 e. The summed E-state index contributed by atoms with van der Waals surface area (Å²) >= 11 is 2.28. The van der Waals surface area contributed by atoms with Gasteiger partial charge in [0.2, 0.25) is 0 Å². The van der Waals surface area contributed by atoms with Crippen LogP contribution in [-0.2, 0) is 43.5 Å². The predicted octanol–water partition coefficient (Wildman–Crippen LogP) is 5.55. The van der Waals surface area contributed by atoms with Crippen LogP contribution < -0.4 is 0 Å². The first-order chi connectivity index (χ1) is 21.9. The second-order valence-corrected chi connectivity index (χ2v) is 10.7. The second-order valence-electron chi connectivity index (χ2n) is 9.60. The van der Waals surface area contributed by atoms with Crippen LogP contribution in [0.3, 0.4) is 0 Å². The molecule has 0 N–H and O–H groups in total. The summed E-state index contributed by atoms with van der Waals surface area (Å²) in [6.07, 6.45) is 0. The standard InChI is InChI=1S/C35H47IO8/c36-16-17-37-18-19-38-20-21-39-22-23-40-24-25-41-26-27-42-28-29-43-30-31-44-35(32-10-4-1-5-11-32,33-12-6-2-7-13-33)34-14-8-3-9-15-34/h1-15H,16-31H2. The quantitative estimate of drug-likeness (QED) is 0.0440. The molecular formula is C35H47IO8. The van der Waals surface area contributed by atoms with Crippen LogP contribution in [0.2, 0.25) is 0 Å². The molecule has 0 atom stereocenters. The van der Waals surface area contributed by atoms with Crippen LogP contribution in [0.15, 0.2) is 91.0 Å². The van der Waals surface area contributed by atoms with E-state index >= 15 is 0 Å². The zero-order valence-corrected chi connectivity index (χ0v) is 27.8. The molecule has 3 rings (SSSR count). The summed E-state index contributed by atoms with van der Waals surface area (Å²) in [4.78, 5) is 0. The normalized spacial score (nSPS) is 11.7. The van der Waals surface area contributed by atoms with Crippen molar-refractivity contribution in [2.24, 2.45) is 0 Å². The summed E-state index contributed by atoms with van der Waals surface area (Å²) in [5.74, 6) is 0. The Balaban J connectivity index is 1.21. The Morgan fingerprint density at radius 1 is 0.341 bits per heavy atom. The molecule has 0 aliphatic heterocycles. The number of hydrogen-bond acceptors (Lipinski definition) is 8. The number of rotatable bonds is 27. The average Bonchev–Trinajstić information content (AvgIpc) is 3.08. The van der Waals surface area contributed by atoms with Gasteiger partial charge in [-0.2, -0.15) is 0 Å². The molecule has 8 nitrogen and oxygen atoms in total. The van der Waals surface area contributed by atoms with Gasteiger partial charge in [0.05, 0.1) is 99.1 Å². The molecule has 0 bridgehead atoms. The molecule has 0 amide bonds. The highest BCUT2D eigenvalue weighted by molar-refractivity contribution is 14.1. The average molecular weight is 723 g/mol. The van der Waals surface area contributed by atoms with Crippen molar-refractivity contribution in [1.82, 2.24) is 0 Å². The third-order valence-electron chi connectivity index (χ3n) is 6.54. The topological polar surface area (TPSA) is 73.8 Å². The van der Waals surface area contributed by atoms with Gasteiger partial charge in [0, 0.05) is 4.43 Å². The summed E-state index contributed by atoms with van der Waals surface area (Å²) < 4.78 is 46.5. The monoisotopic (exact) mass is 722 g/mol. The van der Waals surface area contributed by atoms with Crippen LogP contribution >= 0.6 is 22.6 Å². The number of benzene rings is 3. The zero-order chi connectivity index (χ0) is 30.8. The fourth-order valence-electron chi connectivity index (χ4n) is 4.50. The highest BCUT2D eigenvalue weighted by Crippen LogP contribution is 2.40. The first kappa shape index (κ1) is 36.5. The molecule has 0 aromatic heterocycles. The Hall–Kier alpha value is -1.93. The van der Waals surface area contributed by atoms with E-state index in [9.17, 15) is 0 Å². The minimum absolute atomic E-state index is 0.426. The van der Waals surface area contributed by atoms with E-state index in [1.807, 2.05) is 54.6 Å². The molecule has 0 radical (unpaired) electrons. The fourth-order valence-corrected chi connectivity index (χ4v) is 4.81. The van der Waals surface area contributed by atoms with Gasteiger partial charge in [0.1, 0.15) is 5.60 Å². The summed E-state index contributed by atoms with van der Waals surface area (Å²) in [5.41, 5.74) is 2.48. The van der Waals surface area contributed by atoms with E-state index in [1.165, 1.54) is 0 Å². The van der Waals surface area contributed by atoms with Crippen molar-refractivity contribution in [3.63, 3.8) is 0 Å². The van der Waals surface area contributed by atoms with E-state index in [4.69, 9.17) is 37.9 Å². The van der Waals surface area contributed by atoms with Crippen molar-refractivity contribution in [1.29, 1.82) is 0 Å². The maximum atomic E-state index is 6.72. The van der Waals surface area contributed by atoms with Gasteiger partial charge in [-0.1, -0.05) is 114 Å². The lowest BCUT2D eigenvalue weighted by molar-refractivity contribution is -0.0397. The van der Waals surface area contributed by atoms with Crippen LogP contribution in [0.5, 0.6) is 0 Å². The molecule has 44 heavy (non-hydrogen) atoms. The number of halogens is 1. The molecule has 3 aromatic rings. The van der Waals surface area contributed by atoms with Gasteiger partial charge in [-0.15, -0.1) is 0 Å². The van der Waals surface area contributed by atoms with Gasteiger partial charge < -0.3 is 37.9 Å². The molecule has 242 valence electrons. The van der Waals surface area contributed by atoms with Gasteiger partial charge in [-0.3, -0.25) is 0 Å². The predicted molar refractivity (Wildman–Crippen MR) is 180 cm³/mol. The van der Waals surface area contributed by atoms with Crippen LogP contribution in [0.4, 0.5) is 0 Å². The third-order valence-corrected chi connectivity index (χ3v) is 6.98. The maximum absolute atomic E-state index is 6.72. The van der Waals surface area contributed by atoms with Crippen LogP contribution in [-0.4, -0.2) is 104 Å². The molecule has 0 heterocycles. The van der Waals surface area contributed by atoms with Crippen LogP contribution in [0.25, 0.3) is 0 Å². The molecule has 0 saturated carbocycles. The molecule has 0 saturated heterocycles. The minimum Gasteiger partial charge on any atom is -0.378 e. The third kappa shape index (κ3) is 14.0. The highest BCUT2D eigenvalue weighted by Gasteiger charge is 2.37. The molecule has 0 aliphatic rings. The molecule has 0 unspecified atom stereocenters. The summed E-state index contributed by atoms with van der Waals surface area (Å²) in [6, 6.07) is 31.0. The highest BCUT2D eigenvalue weighted by atomic mass is 127. The summed E-state index contributed by atoms with van der Waals surface area (Å²) in [5, 5.41) is 0. The van der Waals surface area contributed by atoms with Gasteiger partial charge in [0.15, 0.2) is 0 Å². The van der Waals surface area contributed by atoms with Crippen molar-refractivity contribution < 1.29 is 37.9 Å². The van der Waals surface area contributed by atoms with E-state index in [1.54, 1.807) is 0 Å². The summed E-state index contributed by atoms with van der Waals surface area (Å²) in [7, 11) is 0. The second kappa shape index (κ2) is 24.3. The van der Waals surface area contributed by atoms with E-state index in [-0.39, 0.29) is 0 Å². The molecular weight excluding hydrogens is 675 g/mol.